The van der Waals surface area contributed by atoms with Gasteiger partial charge in [-0.05, 0) is 50.6 Å². The minimum Gasteiger partial charge on any atom is -0.303 e. The van der Waals surface area contributed by atoms with Gasteiger partial charge in [0.15, 0.2) is 0 Å². The van der Waals surface area contributed by atoms with E-state index in [9.17, 15) is 0 Å². The zero-order valence-corrected chi connectivity index (χ0v) is 8.59. The molecule has 1 nitrogen and oxygen atoms in total. The molecule has 12 heavy (non-hydrogen) atoms. The van der Waals surface area contributed by atoms with Crippen LogP contribution in [0.3, 0.4) is 0 Å². The van der Waals surface area contributed by atoms with Crippen molar-refractivity contribution in [2.24, 2.45) is 17.8 Å². The molecule has 0 amide bonds. The van der Waals surface area contributed by atoms with E-state index in [2.05, 4.69) is 25.8 Å². The molecule has 0 heterocycles. The molecule has 4 unspecified atom stereocenters. The molecule has 2 aliphatic carbocycles. The molecule has 70 valence electrons. The van der Waals surface area contributed by atoms with Crippen LogP contribution >= 0.6 is 0 Å². The largest absolute Gasteiger partial charge is 0.303 e. The van der Waals surface area contributed by atoms with E-state index in [1.165, 1.54) is 25.8 Å². The van der Waals surface area contributed by atoms with Crippen molar-refractivity contribution in [3.8, 4) is 0 Å². The third kappa shape index (κ3) is 1.10. The Labute approximate surface area is 76.1 Å². The predicted molar refractivity (Wildman–Crippen MR) is 52.1 cm³/mol. The van der Waals surface area contributed by atoms with E-state index in [-0.39, 0.29) is 0 Å². The second-order valence-electron chi connectivity index (χ2n) is 4.83. The van der Waals surface area contributed by atoms with Crippen LogP contribution in [0.4, 0.5) is 0 Å². The summed E-state index contributed by atoms with van der Waals surface area (Å²) >= 11 is 0. The monoisotopic (exact) mass is 167 g/mol. The average molecular weight is 167 g/mol. The molecule has 2 rings (SSSR count). The Bertz CT molecular complexity index is 162. The lowest BCUT2D eigenvalue weighted by molar-refractivity contribution is -0.0986. The first-order valence-corrected chi connectivity index (χ1v) is 5.44. The van der Waals surface area contributed by atoms with Crippen molar-refractivity contribution in [1.82, 2.24) is 4.90 Å². The van der Waals surface area contributed by atoms with Gasteiger partial charge < -0.3 is 4.90 Å². The van der Waals surface area contributed by atoms with Crippen LogP contribution < -0.4 is 0 Å². The standard InChI is InChI=1S/C11H21N/c1-4-5-12(3)10-7-9-6-8(2)11(9)10/h8-11H,4-7H2,1-3H3. The summed E-state index contributed by atoms with van der Waals surface area (Å²) in [6, 6.07) is 0.943. The lowest BCUT2D eigenvalue weighted by Gasteiger charge is -2.60. The number of hydrogen-bond acceptors (Lipinski definition) is 1. The smallest absolute Gasteiger partial charge is 0.0128 e. The van der Waals surface area contributed by atoms with E-state index in [0.717, 1.165) is 23.8 Å². The molecular weight excluding hydrogens is 146 g/mol. The molecule has 2 fully saturated rings. The second kappa shape index (κ2) is 3.02. The summed E-state index contributed by atoms with van der Waals surface area (Å²) in [6.45, 7) is 5.99. The summed E-state index contributed by atoms with van der Waals surface area (Å²) in [4.78, 5) is 2.58. The number of nitrogens with zero attached hydrogens (tertiary/aromatic N) is 1. The SMILES string of the molecule is CCCN(C)C1CC2CC(C)C21. The van der Waals surface area contributed by atoms with Crippen molar-refractivity contribution in [3.05, 3.63) is 0 Å². The maximum Gasteiger partial charge on any atom is 0.0128 e. The van der Waals surface area contributed by atoms with Crippen LogP contribution in [0.1, 0.15) is 33.1 Å². The zero-order chi connectivity index (χ0) is 8.72. The van der Waals surface area contributed by atoms with Gasteiger partial charge in [0.2, 0.25) is 0 Å². The van der Waals surface area contributed by atoms with E-state index in [1.54, 1.807) is 0 Å². The molecule has 0 aromatic carbocycles. The van der Waals surface area contributed by atoms with Gasteiger partial charge in [-0.3, -0.25) is 0 Å². The lowest BCUT2D eigenvalue weighted by Crippen LogP contribution is -2.60. The minimum atomic E-state index is 0.943. The summed E-state index contributed by atoms with van der Waals surface area (Å²) in [5.74, 6) is 3.21. The van der Waals surface area contributed by atoms with E-state index in [1.807, 2.05) is 0 Å². The van der Waals surface area contributed by atoms with Crippen molar-refractivity contribution >= 4 is 0 Å². The van der Waals surface area contributed by atoms with Gasteiger partial charge >= 0.3 is 0 Å². The summed E-state index contributed by atoms with van der Waals surface area (Å²) in [5.41, 5.74) is 0. The molecule has 0 bridgehead atoms. The molecule has 2 saturated carbocycles. The van der Waals surface area contributed by atoms with Gasteiger partial charge in [-0.25, -0.2) is 0 Å². The van der Waals surface area contributed by atoms with Gasteiger partial charge in [0.1, 0.15) is 0 Å². The molecule has 0 spiro atoms. The van der Waals surface area contributed by atoms with Crippen molar-refractivity contribution in [1.29, 1.82) is 0 Å². The van der Waals surface area contributed by atoms with Crippen molar-refractivity contribution < 1.29 is 0 Å². The first kappa shape index (κ1) is 8.55. The fraction of sp³-hybridized carbons (Fsp3) is 1.00. The van der Waals surface area contributed by atoms with Crippen LogP contribution in [0, 0.1) is 17.8 Å². The highest BCUT2D eigenvalue weighted by atomic mass is 15.1. The van der Waals surface area contributed by atoms with Gasteiger partial charge in [0.05, 0.1) is 0 Å². The highest BCUT2D eigenvalue weighted by Gasteiger charge is 2.52. The fourth-order valence-electron chi connectivity index (χ4n) is 3.27. The Kier molecular flexibility index (Phi) is 2.16. The normalized spacial score (nSPS) is 45.0. The Balaban J connectivity index is 1.83. The van der Waals surface area contributed by atoms with Crippen molar-refractivity contribution in [2.45, 2.75) is 39.2 Å². The highest BCUT2D eigenvalue weighted by Crippen LogP contribution is 2.55. The maximum absolute atomic E-state index is 2.58. The molecular formula is C11H21N. The zero-order valence-electron chi connectivity index (χ0n) is 8.59. The molecule has 4 atom stereocenters. The molecule has 0 N–H and O–H groups in total. The van der Waals surface area contributed by atoms with E-state index in [0.29, 0.717) is 0 Å². The first-order valence-electron chi connectivity index (χ1n) is 5.44. The first-order chi connectivity index (χ1) is 5.74. The van der Waals surface area contributed by atoms with E-state index >= 15 is 0 Å². The Morgan fingerprint density at radius 1 is 1.33 bits per heavy atom. The van der Waals surface area contributed by atoms with Crippen LogP contribution in [0.25, 0.3) is 0 Å². The Hall–Kier alpha value is -0.0400. The third-order valence-corrected chi connectivity index (χ3v) is 4.01. The fourth-order valence-corrected chi connectivity index (χ4v) is 3.27. The van der Waals surface area contributed by atoms with Gasteiger partial charge in [0.25, 0.3) is 0 Å². The van der Waals surface area contributed by atoms with Gasteiger partial charge in [0, 0.05) is 6.04 Å². The van der Waals surface area contributed by atoms with Crippen molar-refractivity contribution in [3.63, 3.8) is 0 Å². The topological polar surface area (TPSA) is 3.24 Å². The van der Waals surface area contributed by atoms with Crippen LogP contribution in [0.5, 0.6) is 0 Å². The quantitative estimate of drug-likeness (QED) is 0.624. The van der Waals surface area contributed by atoms with Crippen LogP contribution in [-0.2, 0) is 0 Å². The Morgan fingerprint density at radius 3 is 2.58 bits per heavy atom. The predicted octanol–water partition coefficient (Wildman–Crippen LogP) is 2.37. The van der Waals surface area contributed by atoms with Gasteiger partial charge in [-0.1, -0.05) is 13.8 Å². The average Bonchev–Trinajstić information content (AvgIpc) is 1.98. The number of fused-ring (bicyclic) bond motifs is 1. The minimum absolute atomic E-state index is 0.943. The van der Waals surface area contributed by atoms with Gasteiger partial charge in [-0.15, -0.1) is 0 Å². The second-order valence-corrected chi connectivity index (χ2v) is 4.83. The van der Waals surface area contributed by atoms with Crippen molar-refractivity contribution in [2.75, 3.05) is 13.6 Å². The van der Waals surface area contributed by atoms with Crippen LogP contribution in [0.2, 0.25) is 0 Å². The highest BCUT2D eigenvalue weighted by molar-refractivity contribution is 5.04. The van der Waals surface area contributed by atoms with E-state index in [4.69, 9.17) is 0 Å². The molecule has 0 radical (unpaired) electrons. The summed E-state index contributed by atoms with van der Waals surface area (Å²) < 4.78 is 0. The van der Waals surface area contributed by atoms with Crippen LogP contribution in [-0.4, -0.2) is 24.5 Å². The van der Waals surface area contributed by atoms with E-state index < -0.39 is 0 Å². The molecule has 0 aromatic rings. The molecule has 1 heteroatoms. The number of rotatable bonds is 3. The summed E-state index contributed by atoms with van der Waals surface area (Å²) in [6.07, 6.45) is 4.31. The summed E-state index contributed by atoms with van der Waals surface area (Å²) in [5, 5.41) is 0. The molecule has 2 aliphatic rings. The maximum atomic E-state index is 2.58. The molecule has 0 saturated heterocycles. The summed E-state index contributed by atoms with van der Waals surface area (Å²) in [7, 11) is 2.30. The number of hydrogen-bond donors (Lipinski definition) is 0. The third-order valence-electron chi connectivity index (χ3n) is 4.01. The van der Waals surface area contributed by atoms with Crippen LogP contribution in [0.15, 0.2) is 0 Å². The lowest BCUT2D eigenvalue weighted by atomic mass is 9.51. The molecule has 0 aliphatic heterocycles. The van der Waals surface area contributed by atoms with Gasteiger partial charge in [-0.2, -0.15) is 0 Å². The molecule has 0 aromatic heterocycles. The Morgan fingerprint density at radius 2 is 2.08 bits per heavy atom.